The van der Waals surface area contributed by atoms with Gasteiger partial charge in [0.25, 0.3) is 5.91 Å². The SMILES string of the molecule is O=C(Nc1cccc(Oc2ccc3c(/C=C/c4cccs4)n[nH]c3c2)c1)c1ccccc1. The Labute approximate surface area is 189 Å². The van der Waals surface area contributed by atoms with Crippen molar-refractivity contribution in [1.82, 2.24) is 10.2 Å². The zero-order valence-corrected chi connectivity index (χ0v) is 17.8. The van der Waals surface area contributed by atoms with Crippen LogP contribution in [0.2, 0.25) is 0 Å². The molecule has 0 saturated heterocycles. The number of aromatic amines is 1. The van der Waals surface area contributed by atoms with E-state index in [0.29, 0.717) is 22.7 Å². The number of aromatic nitrogens is 2. The highest BCUT2D eigenvalue weighted by Crippen LogP contribution is 2.28. The second-order valence-electron chi connectivity index (χ2n) is 7.12. The zero-order valence-electron chi connectivity index (χ0n) is 17.0. The molecule has 1 amide bonds. The van der Waals surface area contributed by atoms with Gasteiger partial charge < -0.3 is 10.1 Å². The van der Waals surface area contributed by atoms with Crippen LogP contribution in [0.3, 0.4) is 0 Å². The van der Waals surface area contributed by atoms with Crippen molar-refractivity contribution in [3.05, 3.63) is 106 Å². The van der Waals surface area contributed by atoms with Crippen molar-refractivity contribution in [2.24, 2.45) is 0 Å². The summed E-state index contributed by atoms with van der Waals surface area (Å²) in [6, 6.07) is 26.3. The molecule has 0 aliphatic rings. The first kappa shape index (κ1) is 19.8. The van der Waals surface area contributed by atoms with Crippen molar-refractivity contribution >= 4 is 46.0 Å². The summed E-state index contributed by atoms with van der Waals surface area (Å²) in [6.07, 6.45) is 4.06. The Hall–Kier alpha value is -4.16. The third-order valence-corrected chi connectivity index (χ3v) is 5.71. The van der Waals surface area contributed by atoms with Gasteiger partial charge in [-0.2, -0.15) is 5.10 Å². The Morgan fingerprint density at radius 2 is 1.78 bits per heavy atom. The van der Waals surface area contributed by atoms with E-state index in [-0.39, 0.29) is 5.91 Å². The van der Waals surface area contributed by atoms with E-state index < -0.39 is 0 Å². The molecular weight excluding hydrogens is 418 g/mol. The van der Waals surface area contributed by atoms with Crippen molar-refractivity contribution in [2.45, 2.75) is 0 Å². The maximum Gasteiger partial charge on any atom is 0.255 e. The van der Waals surface area contributed by atoms with Gasteiger partial charge in [0.1, 0.15) is 11.5 Å². The smallest absolute Gasteiger partial charge is 0.255 e. The quantitative estimate of drug-likeness (QED) is 0.306. The largest absolute Gasteiger partial charge is 0.457 e. The maximum absolute atomic E-state index is 12.4. The highest BCUT2D eigenvalue weighted by Gasteiger charge is 2.08. The molecule has 0 atom stereocenters. The minimum atomic E-state index is -0.162. The molecule has 0 bridgehead atoms. The Kier molecular flexibility index (Phi) is 5.51. The van der Waals surface area contributed by atoms with Crippen molar-refractivity contribution in [3.8, 4) is 11.5 Å². The van der Waals surface area contributed by atoms with Gasteiger partial charge >= 0.3 is 0 Å². The first-order valence-corrected chi connectivity index (χ1v) is 11.0. The molecule has 156 valence electrons. The number of hydrogen-bond donors (Lipinski definition) is 2. The fraction of sp³-hybridized carbons (Fsp3) is 0. The molecule has 6 heteroatoms. The van der Waals surface area contributed by atoms with Crippen LogP contribution in [-0.4, -0.2) is 16.1 Å². The summed E-state index contributed by atoms with van der Waals surface area (Å²) >= 11 is 1.69. The standard InChI is InChI=1S/C26H19N3O2S/c30-26(18-6-2-1-3-7-18)27-19-8-4-9-20(16-19)31-21-11-13-23-24(28-29-25(23)17-21)14-12-22-10-5-15-32-22/h1-17H,(H,27,30)(H,28,29)/b14-12+. The van der Waals surface area contributed by atoms with Crippen LogP contribution in [-0.2, 0) is 0 Å². The molecule has 2 aromatic heterocycles. The molecular formula is C26H19N3O2S. The van der Waals surface area contributed by atoms with Crippen molar-refractivity contribution < 1.29 is 9.53 Å². The van der Waals surface area contributed by atoms with E-state index in [9.17, 15) is 4.79 Å². The Bertz CT molecular complexity index is 1390. The summed E-state index contributed by atoms with van der Waals surface area (Å²) in [5, 5.41) is 13.4. The van der Waals surface area contributed by atoms with E-state index in [1.165, 1.54) is 4.88 Å². The number of H-pyrrole nitrogens is 1. The van der Waals surface area contributed by atoms with Crippen LogP contribution in [0.1, 0.15) is 20.9 Å². The average Bonchev–Trinajstić information content (AvgIpc) is 3.48. The van der Waals surface area contributed by atoms with Crippen LogP contribution >= 0.6 is 11.3 Å². The number of carbonyl (C=O) groups excluding carboxylic acids is 1. The molecule has 2 N–H and O–H groups in total. The zero-order chi connectivity index (χ0) is 21.8. The molecule has 5 nitrogen and oxygen atoms in total. The summed E-state index contributed by atoms with van der Waals surface area (Å²) in [5.74, 6) is 1.15. The molecule has 5 aromatic rings. The van der Waals surface area contributed by atoms with Gasteiger partial charge in [0.15, 0.2) is 0 Å². The second kappa shape index (κ2) is 8.91. The number of rotatable bonds is 6. The van der Waals surface area contributed by atoms with Crippen LogP contribution in [0.15, 0.2) is 90.3 Å². The molecule has 0 spiro atoms. The lowest BCUT2D eigenvalue weighted by atomic mass is 10.2. The van der Waals surface area contributed by atoms with Crippen molar-refractivity contribution in [3.63, 3.8) is 0 Å². The van der Waals surface area contributed by atoms with Gasteiger partial charge in [0, 0.05) is 33.6 Å². The predicted molar refractivity (Wildman–Crippen MR) is 130 cm³/mol. The number of fused-ring (bicyclic) bond motifs is 1. The van der Waals surface area contributed by atoms with Crippen LogP contribution in [0, 0.1) is 0 Å². The van der Waals surface area contributed by atoms with Crippen molar-refractivity contribution in [1.29, 1.82) is 0 Å². The summed E-state index contributed by atoms with van der Waals surface area (Å²) in [7, 11) is 0. The van der Waals surface area contributed by atoms with E-state index >= 15 is 0 Å². The van der Waals surface area contributed by atoms with Crippen LogP contribution in [0.5, 0.6) is 11.5 Å². The third-order valence-electron chi connectivity index (χ3n) is 4.88. The summed E-state index contributed by atoms with van der Waals surface area (Å²) in [5.41, 5.74) is 3.04. The van der Waals surface area contributed by atoms with E-state index in [1.54, 1.807) is 29.5 Å². The minimum Gasteiger partial charge on any atom is -0.457 e. The summed E-state index contributed by atoms with van der Waals surface area (Å²) in [6.45, 7) is 0. The van der Waals surface area contributed by atoms with Gasteiger partial charge in [-0.05, 0) is 60.0 Å². The number of carbonyl (C=O) groups is 1. The number of ether oxygens (including phenoxy) is 1. The fourth-order valence-electron chi connectivity index (χ4n) is 3.32. The molecule has 2 heterocycles. The number of nitrogens with zero attached hydrogens (tertiary/aromatic N) is 1. The number of benzene rings is 3. The molecule has 0 radical (unpaired) electrons. The van der Waals surface area contributed by atoms with Crippen LogP contribution in [0.25, 0.3) is 23.1 Å². The molecule has 0 saturated carbocycles. The Balaban J connectivity index is 1.31. The average molecular weight is 438 g/mol. The second-order valence-corrected chi connectivity index (χ2v) is 8.09. The minimum absolute atomic E-state index is 0.162. The molecule has 0 aliphatic heterocycles. The predicted octanol–water partition coefficient (Wildman–Crippen LogP) is 6.84. The van der Waals surface area contributed by atoms with E-state index in [4.69, 9.17) is 4.74 Å². The lowest BCUT2D eigenvalue weighted by molar-refractivity contribution is 0.102. The molecule has 32 heavy (non-hydrogen) atoms. The Morgan fingerprint density at radius 1 is 0.906 bits per heavy atom. The topological polar surface area (TPSA) is 67.0 Å². The van der Waals surface area contributed by atoms with Crippen molar-refractivity contribution in [2.75, 3.05) is 5.32 Å². The monoisotopic (exact) mass is 437 g/mol. The number of nitrogens with one attached hydrogen (secondary N) is 2. The lowest BCUT2D eigenvalue weighted by Gasteiger charge is -2.09. The number of hydrogen-bond acceptors (Lipinski definition) is 4. The van der Waals surface area contributed by atoms with Gasteiger partial charge in [-0.3, -0.25) is 9.89 Å². The number of anilines is 1. The van der Waals surface area contributed by atoms with Gasteiger partial charge in [-0.25, -0.2) is 0 Å². The molecule has 0 aliphatic carbocycles. The third kappa shape index (κ3) is 4.45. The highest BCUT2D eigenvalue weighted by atomic mass is 32.1. The molecule has 0 fully saturated rings. The summed E-state index contributed by atoms with van der Waals surface area (Å²) in [4.78, 5) is 13.6. The molecule has 0 unspecified atom stereocenters. The lowest BCUT2D eigenvalue weighted by Crippen LogP contribution is -2.11. The fourth-order valence-corrected chi connectivity index (χ4v) is 3.94. The van der Waals surface area contributed by atoms with E-state index in [2.05, 4.69) is 27.7 Å². The van der Waals surface area contributed by atoms with Gasteiger partial charge in [-0.15, -0.1) is 11.3 Å². The molecule has 5 rings (SSSR count). The first-order valence-electron chi connectivity index (χ1n) is 10.1. The summed E-state index contributed by atoms with van der Waals surface area (Å²) < 4.78 is 6.03. The number of amides is 1. The normalized spacial score (nSPS) is 11.1. The van der Waals surface area contributed by atoms with Crippen LogP contribution < -0.4 is 10.1 Å². The van der Waals surface area contributed by atoms with E-state index in [1.807, 2.05) is 72.1 Å². The van der Waals surface area contributed by atoms with E-state index in [0.717, 1.165) is 16.6 Å². The molecule has 3 aromatic carbocycles. The van der Waals surface area contributed by atoms with Gasteiger partial charge in [0.2, 0.25) is 0 Å². The Morgan fingerprint density at radius 3 is 2.62 bits per heavy atom. The number of thiophene rings is 1. The highest BCUT2D eigenvalue weighted by molar-refractivity contribution is 7.10. The van der Waals surface area contributed by atoms with Crippen LogP contribution in [0.4, 0.5) is 5.69 Å². The van der Waals surface area contributed by atoms with Gasteiger partial charge in [0.05, 0.1) is 11.2 Å². The first-order chi connectivity index (χ1) is 15.7. The maximum atomic E-state index is 12.4. The van der Waals surface area contributed by atoms with Gasteiger partial charge in [-0.1, -0.05) is 30.3 Å².